The third-order valence-electron chi connectivity index (χ3n) is 6.19. The van der Waals surface area contributed by atoms with Crippen LogP contribution in [0.2, 0.25) is 0 Å². The molecule has 0 aromatic carbocycles. The van der Waals surface area contributed by atoms with Crippen molar-refractivity contribution in [3.8, 4) is 0 Å². The van der Waals surface area contributed by atoms with Crippen LogP contribution in [0, 0.1) is 5.92 Å². The number of piperidine rings is 1. The number of amides is 2. The van der Waals surface area contributed by atoms with Crippen LogP contribution in [-0.4, -0.2) is 102 Å². The van der Waals surface area contributed by atoms with Crippen molar-refractivity contribution in [3.63, 3.8) is 0 Å². The fraction of sp³-hybridized carbons (Fsp3) is 0.750. The van der Waals surface area contributed by atoms with Gasteiger partial charge in [-0.1, -0.05) is 6.08 Å². The summed E-state index contributed by atoms with van der Waals surface area (Å²) in [5.41, 5.74) is -0.437. The first kappa shape index (κ1) is 25.1. The average molecular weight is 449 g/mol. The molecule has 0 aromatic rings. The number of carboxylic acids is 1. The predicted molar refractivity (Wildman–Crippen MR) is 105 cm³/mol. The Hall–Kier alpha value is -2.14. The van der Waals surface area contributed by atoms with Crippen LogP contribution < -0.4 is 0 Å². The van der Waals surface area contributed by atoms with Crippen LogP contribution in [0.3, 0.4) is 0 Å². The minimum Gasteiger partial charge on any atom is -0.475 e. The third kappa shape index (κ3) is 5.97. The number of piperazine rings is 1. The van der Waals surface area contributed by atoms with Gasteiger partial charge in [0.25, 0.3) is 0 Å². The Morgan fingerprint density at radius 3 is 2.23 bits per heavy atom. The Morgan fingerprint density at radius 2 is 1.74 bits per heavy atom. The molecule has 0 unspecified atom stereocenters. The van der Waals surface area contributed by atoms with Crippen molar-refractivity contribution in [2.24, 2.45) is 5.92 Å². The lowest BCUT2D eigenvalue weighted by Crippen LogP contribution is -2.68. The van der Waals surface area contributed by atoms with Crippen molar-refractivity contribution in [2.45, 2.75) is 37.4 Å². The molecule has 0 bridgehead atoms. The highest BCUT2D eigenvalue weighted by molar-refractivity contribution is 5.88. The Kier molecular flexibility index (Phi) is 8.47. The van der Waals surface area contributed by atoms with Gasteiger partial charge in [-0.2, -0.15) is 13.2 Å². The van der Waals surface area contributed by atoms with Crippen molar-refractivity contribution in [3.05, 3.63) is 12.7 Å². The number of carboxylic acid groups (broad SMARTS) is 1. The van der Waals surface area contributed by atoms with E-state index in [0.717, 1.165) is 38.8 Å². The summed E-state index contributed by atoms with van der Waals surface area (Å²) < 4.78 is 37.1. The molecule has 0 radical (unpaired) electrons. The topological polar surface area (TPSA) is 90.4 Å². The fourth-order valence-electron chi connectivity index (χ4n) is 4.27. The van der Waals surface area contributed by atoms with Gasteiger partial charge >= 0.3 is 12.1 Å². The largest absolute Gasteiger partial charge is 0.490 e. The van der Waals surface area contributed by atoms with Gasteiger partial charge < -0.3 is 19.6 Å². The van der Waals surface area contributed by atoms with Gasteiger partial charge in [-0.05, 0) is 32.7 Å². The minimum atomic E-state index is -5.08. The summed E-state index contributed by atoms with van der Waals surface area (Å²) in [6.07, 6.45) is -0.185. The summed E-state index contributed by atoms with van der Waals surface area (Å²) in [5.74, 6) is -2.20. The fourth-order valence-corrected chi connectivity index (χ4v) is 4.27. The van der Waals surface area contributed by atoms with Crippen LogP contribution in [0.1, 0.15) is 25.7 Å². The van der Waals surface area contributed by atoms with Gasteiger partial charge in [0.1, 0.15) is 5.54 Å². The lowest BCUT2D eigenvalue weighted by Gasteiger charge is -2.51. The Labute approximate surface area is 179 Å². The normalized spacial score (nSPS) is 22.6. The molecule has 0 saturated carbocycles. The zero-order chi connectivity index (χ0) is 23.2. The summed E-state index contributed by atoms with van der Waals surface area (Å²) in [7, 11) is 2.04. The molecule has 3 aliphatic rings. The van der Waals surface area contributed by atoms with Crippen molar-refractivity contribution >= 4 is 17.8 Å². The van der Waals surface area contributed by atoms with E-state index in [-0.39, 0.29) is 17.7 Å². The maximum atomic E-state index is 13.0. The molecule has 3 fully saturated rings. The van der Waals surface area contributed by atoms with E-state index >= 15 is 0 Å². The second-order valence-corrected chi connectivity index (χ2v) is 8.01. The SMILES string of the molecule is C=CCN1CCN(C)C2(CCN(C(=O)C3CCOCC3)CC2)C1=O.O=C(O)C(F)(F)F. The maximum Gasteiger partial charge on any atom is 0.490 e. The van der Waals surface area contributed by atoms with Gasteiger partial charge in [-0.25, -0.2) is 4.79 Å². The highest BCUT2D eigenvalue weighted by Gasteiger charge is 2.49. The first-order valence-corrected chi connectivity index (χ1v) is 10.3. The molecule has 176 valence electrons. The van der Waals surface area contributed by atoms with Crippen LogP contribution in [0.15, 0.2) is 12.7 Å². The summed E-state index contributed by atoms with van der Waals surface area (Å²) in [5, 5.41) is 7.12. The molecule has 3 aliphatic heterocycles. The maximum absolute atomic E-state index is 13.0. The number of carbonyl (C=O) groups excluding carboxylic acids is 2. The molecule has 0 aliphatic carbocycles. The summed E-state index contributed by atoms with van der Waals surface area (Å²) in [6.45, 7) is 8.73. The average Bonchev–Trinajstić information content (AvgIpc) is 2.75. The number of hydrogen-bond donors (Lipinski definition) is 1. The lowest BCUT2D eigenvalue weighted by molar-refractivity contribution is -0.192. The number of hydrogen-bond acceptors (Lipinski definition) is 5. The molecule has 8 nitrogen and oxygen atoms in total. The standard InChI is InChI=1S/C18H29N3O3.C2HF3O2/c1-3-8-21-12-11-19(2)18(17(21)23)6-9-20(10-7-18)16(22)15-4-13-24-14-5-15;3-2(4,5)1(6)7/h3,15H,1,4-14H2,2H3;(H,6,7). The molecule has 3 heterocycles. The van der Waals surface area contributed by atoms with E-state index < -0.39 is 17.7 Å². The highest BCUT2D eigenvalue weighted by Crippen LogP contribution is 2.33. The number of likely N-dealkylation sites (N-methyl/N-ethyl adjacent to an activating group) is 1. The van der Waals surface area contributed by atoms with Crippen molar-refractivity contribution in [1.82, 2.24) is 14.7 Å². The van der Waals surface area contributed by atoms with E-state index in [1.165, 1.54) is 0 Å². The monoisotopic (exact) mass is 449 g/mol. The van der Waals surface area contributed by atoms with Gasteiger partial charge in [-0.15, -0.1) is 6.58 Å². The number of nitrogens with zero attached hydrogens (tertiary/aromatic N) is 3. The number of alkyl halides is 3. The zero-order valence-corrected chi connectivity index (χ0v) is 17.7. The quantitative estimate of drug-likeness (QED) is 0.655. The number of ether oxygens (including phenoxy) is 1. The number of carbonyl (C=O) groups is 3. The lowest BCUT2D eigenvalue weighted by atomic mass is 9.82. The molecule has 2 amide bonds. The number of rotatable bonds is 3. The van der Waals surface area contributed by atoms with Gasteiger partial charge in [0.15, 0.2) is 0 Å². The van der Waals surface area contributed by atoms with Gasteiger partial charge in [0.2, 0.25) is 11.8 Å². The molecule has 1 N–H and O–H groups in total. The smallest absolute Gasteiger partial charge is 0.475 e. The van der Waals surface area contributed by atoms with Crippen LogP contribution in [0.25, 0.3) is 0 Å². The Bertz CT molecular complexity index is 671. The van der Waals surface area contributed by atoms with Crippen LogP contribution in [0.4, 0.5) is 13.2 Å². The van der Waals surface area contributed by atoms with Gasteiger partial charge in [-0.3, -0.25) is 14.5 Å². The van der Waals surface area contributed by atoms with Gasteiger partial charge in [0, 0.05) is 51.9 Å². The first-order chi connectivity index (χ1) is 14.5. The zero-order valence-electron chi connectivity index (χ0n) is 17.7. The van der Waals surface area contributed by atoms with E-state index in [1.54, 1.807) is 6.08 Å². The van der Waals surface area contributed by atoms with E-state index in [2.05, 4.69) is 11.5 Å². The molecular weight excluding hydrogens is 419 g/mol. The summed E-state index contributed by atoms with van der Waals surface area (Å²) in [6, 6.07) is 0. The summed E-state index contributed by atoms with van der Waals surface area (Å²) >= 11 is 0. The van der Waals surface area contributed by atoms with Crippen LogP contribution >= 0.6 is 0 Å². The number of halogens is 3. The number of likely N-dealkylation sites (tertiary alicyclic amines) is 1. The first-order valence-electron chi connectivity index (χ1n) is 10.3. The Balaban J connectivity index is 0.000000423. The Morgan fingerprint density at radius 1 is 1.19 bits per heavy atom. The third-order valence-corrected chi connectivity index (χ3v) is 6.19. The van der Waals surface area contributed by atoms with E-state index in [4.69, 9.17) is 14.6 Å². The summed E-state index contributed by atoms with van der Waals surface area (Å²) in [4.78, 5) is 40.7. The van der Waals surface area contributed by atoms with Crippen LogP contribution in [0.5, 0.6) is 0 Å². The van der Waals surface area contributed by atoms with E-state index in [0.29, 0.717) is 32.8 Å². The predicted octanol–water partition coefficient (Wildman–Crippen LogP) is 1.37. The second kappa shape index (κ2) is 10.4. The van der Waals surface area contributed by atoms with Crippen molar-refractivity contribution < 1.29 is 37.4 Å². The van der Waals surface area contributed by atoms with Crippen molar-refractivity contribution in [1.29, 1.82) is 0 Å². The van der Waals surface area contributed by atoms with E-state index in [9.17, 15) is 22.8 Å². The number of aliphatic carboxylic acids is 1. The molecule has 3 saturated heterocycles. The molecule has 31 heavy (non-hydrogen) atoms. The van der Waals surface area contributed by atoms with Crippen LogP contribution in [-0.2, 0) is 19.1 Å². The molecule has 0 atom stereocenters. The molecule has 11 heteroatoms. The molecular formula is C20H30F3N3O5. The highest BCUT2D eigenvalue weighted by atomic mass is 19.4. The van der Waals surface area contributed by atoms with Gasteiger partial charge in [0.05, 0.1) is 0 Å². The molecule has 0 aromatic heterocycles. The minimum absolute atomic E-state index is 0.102. The molecule has 3 rings (SSSR count). The molecule has 1 spiro atoms. The second-order valence-electron chi connectivity index (χ2n) is 8.01. The van der Waals surface area contributed by atoms with Crippen molar-refractivity contribution in [2.75, 3.05) is 53.0 Å². The van der Waals surface area contributed by atoms with E-state index in [1.807, 2.05) is 16.8 Å².